The molecule has 0 aliphatic heterocycles. The number of nitrogens with zero attached hydrogens (tertiary/aromatic N) is 1. The number of aromatic carboxylic acids is 1. The van der Waals surface area contributed by atoms with E-state index in [1.54, 1.807) is 30.3 Å². The lowest BCUT2D eigenvalue weighted by Crippen LogP contribution is -1.96. The molecule has 20 heavy (non-hydrogen) atoms. The number of carboxylic acid groups (broad SMARTS) is 1. The van der Waals surface area contributed by atoms with Crippen LogP contribution in [0.2, 0.25) is 10.0 Å². The van der Waals surface area contributed by atoms with Crippen LogP contribution >= 0.6 is 23.2 Å². The summed E-state index contributed by atoms with van der Waals surface area (Å²) in [6.45, 7) is 0. The first-order valence-electron chi connectivity index (χ1n) is 5.55. The molecule has 0 aliphatic carbocycles. The molecule has 0 atom stereocenters. The molecule has 0 amide bonds. The minimum atomic E-state index is -1.03. The Balaban J connectivity index is 2.14. The largest absolute Gasteiger partial charge is 0.478 e. The highest BCUT2D eigenvalue weighted by Crippen LogP contribution is 2.22. The second-order valence-electron chi connectivity index (χ2n) is 3.79. The van der Waals surface area contributed by atoms with Crippen molar-refractivity contribution in [3.05, 3.63) is 63.6 Å². The van der Waals surface area contributed by atoms with Crippen LogP contribution in [0.25, 0.3) is 0 Å². The molecule has 0 saturated carbocycles. The van der Waals surface area contributed by atoms with Gasteiger partial charge >= 0.3 is 5.97 Å². The van der Waals surface area contributed by atoms with Crippen LogP contribution < -0.4 is 4.84 Å². The highest BCUT2D eigenvalue weighted by Gasteiger charge is 2.04. The number of hydrogen-bond donors (Lipinski definition) is 1. The van der Waals surface area contributed by atoms with E-state index in [-0.39, 0.29) is 5.56 Å². The van der Waals surface area contributed by atoms with Gasteiger partial charge in [-0.15, -0.1) is 0 Å². The van der Waals surface area contributed by atoms with Crippen molar-refractivity contribution in [3.63, 3.8) is 0 Å². The second kappa shape index (κ2) is 6.41. The molecule has 0 radical (unpaired) electrons. The first-order valence-corrected chi connectivity index (χ1v) is 6.31. The van der Waals surface area contributed by atoms with Crippen LogP contribution in [0.15, 0.2) is 47.6 Å². The second-order valence-corrected chi connectivity index (χ2v) is 4.61. The molecule has 0 fully saturated rings. The van der Waals surface area contributed by atoms with Gasteiger partial charge in [-0.25, -0.2) is 4.79 Å². The van der Waals surface area contributed by atoms with Crippen molar-refractivity contribution < 1.29 is 14.7 Å². The van der Waals surface area contributed by atoms with Gasteiger partial charge in [-0.1, -0.05) is 40.5 Å². The van der Waals surface area contributed by atoms with Crippen LogP contribution in [0.1, 0.15) is 15.9 Å². The Morgan fingerprint density at radius 1 is 1.15 bits per heavy atom. The zero-order chi connectivity index (χ0) is 14.5. The van der Waals surface area contributed by atoms with Gasteiger partial charge in [-0.3, -0.25) is 0 Å². The Bertz CT molecular complexity index is 651. The fourth-order valence-electron chi connectivity index (χ4n) is 1.46. The first kappa shape index (κ1) is 14.4. The number of rotatable bonds is 4. The van der Waals surface area contributed by atoms with Crippen molar-refractivity contribution in [3.8, 4) is 5.75 Å². The molecule has 2 aromatic rings. The van der Waals surface area contributed by atoms with Crippen LogP contribution in [-0.2, 0) is 0 Å². The van der Waals surface area contributed by atoms with Crippen LogP contribution in [0.4, 0.5) is 0 Å². The Morgan fingerprint density at radius 2 is 1.80 bits per heavy atom. The molecule has 0 spiro atoms. The summed E-state index contributed by atoms with van der Waals surface area (Å²) < 4.78 is 0. The quantitative estimate of drug-likeness (QED) is 0.683. The van der Waals surface area contributed by atoms with E-state index < -0.39 is 5.97 Å². The molecule has 102 valence electrons. The molecular formula is C14H9Cl2NO3. The standard InChI is InChI=1S/C14H9Cl2NO3/c15-12-5-2-6-13(16)11(12)8-17-20-10-4-1-3-9(7-10)14(18)19/h1-8H,(H,18,19)/b17-8+. The van der Waals surface area contributed by atoms with E-state index in [0.717, 1.165) is 0 Å². The zero-order valence-electron chi connectivity index (χ0n) is 10.1. The summed E-state index contributed by atoms with van der Waals surface area (Å²) in [5.74, 6) is -0.724. The molecule has 4 nitrogen and oxygen atoms in total. The summed E-state index contributed by atoms with van der Waals surface area (Å²) in [4.78, 5) is 15.9. The van der Waals surface area contributed by atoms with Gasteiger partial charge in [0.25, 0.3) is 0 Å². The number of halogens is 2. The molecule has 1 N–H and O–H groups in total. The van der Waals surface area contributed by atoms with Crippen LogP contribution in [-0.4, -0.2) is 17.3 Å². The van der Waals surface area contributed by atoms with E-state index in [1.165, 1.54) is 18.3 Å². The average molecular weight is 310 g/mol. The predicted molar refractivity (Wildman–Crippen MR) is 78.1 cm³/mol. The summed E-state index contributed by atoms with van der Waals surface area (Å²) >= 11 is 11.9. The van der Waals surface area contributed by atoms with E-state index >= 15 is 0 Å². The van der Waals surface area contributed by atoms with Crippen LogP contribution in [0.3, 0.4) is 0 Å². The van der Waals surface area contributed by atoms with Crippen LogP contribution in [0, 0.1) is 0 Å². The summed E-state index contributed by atoms with van der Waals surface area (Å²) in [6.07, 6.45) is 1.37. The summed E-state index contributed by atoms with van der Waals surface area (Å²) in [6, 6.07) is 11.1. The molecule has 0 heterocycles. The van der Waals surface area contributed by atoms with E-state index in [0.29, 0.717) is 21.4 Å². The number of oxime groups is 1. The van der Waals surface area contributed by atoms with Crippen molar-refractivity contribution in [1.82, 2.24) is 0 Å². The topological polar surface area (TPSA) is 58.9 Å². The molecule has 0 aromatic heterocycles. The maximum atomic E-state index is 10.8. The fourth-order valence-corrected chi connectivity index (χ4v) is 1.95. The monoisotopic (exact) mass is 309 g/mol. The third-order valence-corrected chi connectivity index (χ3v) is 3.08. The van der Waals surface area contributed by atoms with Crippen molar-refractivity contribution >= 4 is 35.4 Å². The van der Waals surface area contributed by atoms with Gasteiger partial charge in [0.15, 0.2) is 5.75 Å². The average Bonchev–Trinajstić information content (AvgIpc) is 2.42. The zero-order valence-corrected chi connectivity index (χ0v) is 11.6. The molecule has 6 heteroatoms. The van der Waals surface area contributed by atoms with Gasteiger partial charge in [0.05, 0.1) is 21.8 Å². The normalized spacial score (nSPS) is 10.7. The summed E-state index contributed by atoms with van der Waals surface area (Å²) in [7, 11) is 0. The molecule has 2 aromatic carbocycles. The number of benzene rings is 2. The minimum absolute atomic E-state index is 0.119. The van der Waals surface area contributed by atoms with Gasteiger partial charge in [0, 0.05) is 5.56 Å². The maximum Gasteiger partial charge on any atom is 0.335 e. The molecule has 0 unspecified atom stereocenters. The van der Waals surface area contributed by atoms with Crippen molar-refractivity contribution in [1.29, 1.82) is 0 Å². The smallest absolute Gasteiger partial charge is 0.335 e. The lowest BCUT2D eigenvalue weighted by atomic mass is 10.2. The number of hydrogen-bond acceptors (Lipinski definition) is 3. The maximum absolute atomic E-state index is 10.8. The van der Waals surface area contributed by atoms with Crippen molar-refractivity contribution in [2.75, 3.05) is 0 Å². The number of carboxylic acids is 1. The molecule has 0 saturated heterocycles. The summed E-state index contributed by atoms with van der Waals surface area (Å²) in [5, 5.41) is 13.5. The Morgan fingerprint density at radius 3 is 2.45 bits per heavy atom. The third-order valence-electron chi connectivity index (χ3n) is 2.42. The highest BCUT2D eigenvalue weighted by molar-refractivity contribution is 6.38. The Labute approximate surface area is 125 Å². The van der Waals surface area contributed by atoms with Gasteiger partial charge in [0.1, 0.15) is 0 Å². The molecule has 2 rings (SSSR count). The molecule has 0 aliphatic rings. The van der Waals surface area contributed by atoms with E-state index in [2.05, 4.69) is 5.16 Å². The number of carbonyl (C=O) groups is 1. The van der Waals surface area contributed by atoms with Gasteiger partial charge in [0.2, 0.25) is 0 Å². The SMILES string of the molecule is O=C(O)c1cccc(O/N=C/c2c(Cl)cccc2Cl)c1. The lowest BCUT2D eigenvalue weighted by Gasteiger charge is -2.01. The Hall–Kier alpha value is -2.04. The van der Waals surface area contributed by atoms with E-state index in [1.807, 2.05) is 0 Å². The van der Waals surface area contributed by atoms with Gasteiger partial charge in [-0.2, -0.15) is 0 Å². The molecule has 0 bridgehead atoms. The lowest BCUT2D eigenvalue weighted by molar-refractivity contribution is 0.0696. The van der Waals surface area contributed by atoms with Crippen molar-refractivity contribution in [2.24, 2.45) is 5.16 Å². The summed E-state index contributed by atoms with van der Waals surface area (Å²) in [5.41, 5.74) is 0.652. The fraction of sp³-hybridized carbons (Fsp3) is 0. The van der Waals surface area contributed by atoms with Crippen LogP contribution in [0.5, 0.6) is 5.75 Å². The van der Waals surface area contributed by atoms with Gasteiger partial charge in [-0.05, 0) is 30.3 Å². The molecular weight excluding hydrogens is 301 g/mol. The van der Waals surface area contributed by atoms with Gasteiger partial charge < -0.3 is 9.94 Å². The van der Waals surface area contributed by atoms with Crippen molar-refractivity contribution in [2.45, 2.75) is 0 Å². The Kier molecular flexibility index (Phi) is 4.61. The first-order chi connectivity index (χ1) is 9.58. The van der Waals surface area contributed by atoms with E-state index in [9.17, 15) is 4.79 Å². The van der Waals surface area contributed by atoms with E-state index in [4.69, 9.17) is 33.1 Å². The minimum Gasteiger partial charge on any atom is -0.478 e. The highest BCUT2D eigenvalue weighted by atomic mass is 35.5. The third kappa shape index (κ3) is 3.50. The predicted octanol–water partition coefficient (Wildman–Crippen LogP) is 4.10.